The van der Waals surface area contributed by atoms with Crippen molar-refractivity contribution >= 4 is 16.9 Å². The molecule has 0 aliphatic carbocycles. The summed E-state index contributed by atoms with van der Waals surface area (Å²) in [4.78, 5) is 43.4. The van der Waals surface area contributed by atoms with Gasteiger partial charge in [-0.1, -0.05) is 6.92 Å². The van der Waals surface area contributed by atoms with E-state index in [0.717, 1.165) is 4.57 Å². The number of rotatable bonds is 3. The van der Waals surface area contributed by atoms with Gasteiger partial charge in [0.25, 0.3) is 5.56 Å². The molecule has 0 saturated carbocycles. The van der Waals surface area contributed by atoms with E-state index in [-0.39, 0.29) is 6.42 Å². The SMILES string of the molecule is CC[C@@H](C(=O)OC(C)(C)C)n1c(=O)[nH]c2cnccc2c1=O. The van der Waals surface area contributed by atoms with E-state index in [0.29, 0.717) is 10.9 Å². The van der Waals surface area contributed by atoms with E-state index in [1.54, 1.807) is 27.7 Å². The third kappa shape index (κ3) is 3.08. The van der Waals surface area contributed by atoms with Crippen LogP contribution in [0.1, 0.15) is 40.2 Å². The predicted octanol–water partition coefficient (Wildman–Crippen LogP) is 1.38. The fraction of sp³-hybridized carbons (Fsp3) is 0.467. The summed E-state index contributed by atoms with van der Waals surface area (Å²) in [6, 6.07) is 0.541. The summed E-state index contributed by atoms with van der Waals surface area (Å²) in [6.45, 7) is 6.92. The molecular weight excluding hydrogens is 286 g/mol. The van der Waals surface area contributed by atoms with Crippen LogP contribution in [0.5, 0.6) is 0 Å². The Morgan fingerprint density at radius 2 is 2.09 bits per heavy atom. The number of H-pyrrole nitrogens is 1. The van der Waals surface area contributed by atoms with Crippen LogP contribution >= 0.6 is 0 Å². The summed E-state index contributed by atoms with van der Waals surface area (Å²) in [5.74, 6) is -0.601. The van der Waals surface area contributed by atoms with Crippen LogP contribution in [0.3, 0.4) is 0 Å². The zero-order valence-corrected chi connectivity index (χ0v) is 13.0. The number of esters is 1. The average Bonchev–Trinajstić information content (AvgIpc) is 2.41. The highest BCUT2D eigenvalue weighted by molar-refractivity contribution is 5.78. The minimum atomic E-state index is -0.965. The Hall–Kier alpha value is -2.44. The molecular formula is C15H19N3O4. The molecule has 0 spiro atoms. The molecule has 2 aromatic rings. The summed E-state index contributed by atoms with van der Waals surface area (Å²) in [6.07, 6.45) is 3.13. The van der Waals surface area contributed by atoms with Gasteiger partial charge in [-0.3, -0.25) is 9.78 Å². The van der Waals surface area contributed by atoms with Crippen LogP contribution in [-0.4, -0.2) is 26.1 Å². The Morgan fingerprint density at radius 1 is 1.41 bits per heavy atom. The van der Waals surface area contributed by atoms with Crippen LogP contribution in [0.4, 0.5) is 0 Å². The molecule has 0 bridgehead atoms. The largest absolute Gasteiger partial charge is 0.458 e. The minimum absolute atomic E-state index is 0.272. The van der Waals surface area contributed by atoms with E-state index in [1.165, 1.54) is 18.5 Å². The zero-order chi connectivity index (χ0) is 16.5. The highest BCUT2D eigenvalue weighted by Crippen LogP contribution is 2.16. The Kier molecular flexibility index (Phi) is 4.16. The lowest BCUT2D eigenvalue weighted by Gasteiger charge is -2.24. The van der Waals surface area contributed by atoms with Gasteiger partial charge < -0.3 is 9.72 Å². The van der Waals surface area contributed by atoms with Gasteiger partial charge in [-0.15, -0.1) is 0 Å². The van der Waals surface area contributed by atoms with Gasteiger partial charge in [0.1, 0.15) is 11.6 Å². The van der Waals surface area contributed by atoms with Crippen molar-refractivity contribution in [3.8, 4) is 0 Å². The van der Waals surface area contributed by atoms with Gasteiger partial charge in [-0.25, -0.2) is 14.2 Å². The number of ether oxygens (including phenoxy) is 1. The maximum Gasteiger partial charge on any atom is 0.329 e. The van der Waals surface area contributed by atoms with Crippen molar-refractivity contribution in [2.24, 2.45) is 0 Å². The Labute approximate surface area is 126 Å². The van der Waals surface area contributed by atoms with Crippen LogP contribution in [0.25, 0.3) is 10.9 Å². The van der Waals surface area contributed by atoms with Crippen molar-refractivity contribution in [1.82, 2.24) is 14.5 Å². The second kappa shape index (κ2) is 5.75. The topological polar surface area (TPSA) is 94.1 Å². The number of carbonyl (C=O) groups excluding carboxylic acids is 1. The summed E-state index contributed by atoms with van der Waals surface area (Å²) >= 11 is 0. The van der Waals surface area contributed by atoms with Gasteiger partial charge in [0, 0.05) is 6.20 Å². The molecule has 22 heavy (non-hydrogen) atoms. The number of nitrogens with zero attached hydrogens (tertiary/aromatic N) is 2. The maximum absolute atomic E-state index is 12.5. The quantitative estimate of drug-likeness (QED) is 0.864. The minimum Gasteiger partial charge on any atom is -0.458 e. The maximum atomic E-state index is 12.5. The molecule has 2 aromatic heterocycles. The molecule has 118 valence electrons. The predicted molar refractivity (Wildman–Crippen MR) is 81.8 cm³/mol. The lowest BCUT2D eigenvalue weighted by atomic mass is 10.1. The normalized spacial score (nSPS) is 13.1. The Bertz CT molecular complexity index is 814. The van der Waals surface area contributed by atoms with Crippen molar-refractivity contribution in [3.63, 3.8) is 0 Å². The molecule has 2 rings (SSSR count). The van der Waals surface area contributed by atoms with Crippen LogP contribution in [0.2, 0.25) is 0 Å². The van der Waals surface area contributed by atoms with Crippen molar-refractivity contribution < 1.29 is 9.53 Å². The number of aromatic nitrogens is 3. The summed E-state index contributed by atoms with van der Waals surface area (Å²) in [5, 5.41) is 0.302. The Morgan fingerprint density at radius 3 is 2.68 bits per heavy atom. The van der Waals surface area contributed by atoms with E-state index in [1.807, 2.05) is 0 Å². The van der Waals surface area contributed by atoms with Crippen molar-refractivity contribution in [1.29, 1.82) is 0 Å². The molecule has 7 nitrogen and oxygen atoms in total. The van der Waals surface area contributed by atoms with E-state index < -0.39 is 28.9 Å². The lowest BCUT2D eigenvalue weighted by Crippen LogP contribution is -2.42. The van der Waals surface area contributed by atoms with E-state index in [2.05, 4.69) is 9.97 Å². The molecule has 7 heteroatoms. The first-order chi connectivity index (χ1) is 10.2. The number of carbonyl (C=O) groups is 1. The fourth-order valence-electron chi connectivity index (χ4n) is 2.19. The molecule has 0 aliphatic heterocycles. The first-order valence-corrected chi connectivity index (χ1v) is 7.06. The van der Waals surface area contributed by atoms with Crippen LogP contribution in [0.15, 0.2) is 28.0 Å². The van der Waals surface area contributed by atoms with E-state index in [9.17, 15) is 14.4 Å². The second-order valence-corrected chi connectivity index (χ2v) is 5.98. The van der Waals surface area contributed by atoms with E-state index >= 15 is 0 Å². The van der Waals surface area contributed by atoms with Crippen molar-refractivity contribution in [2.45, 2.75) is 45.8 Å². The van der Waals surface area contributed by atoms with Crippen LogP contribution < -0.4 is 11.2 Å². The highest BCUT2D eigenvalue weighted by atomic mass is 16.6. The number of pyridine rings is 1. The first-order valence-electron chi connectivity index (χ1n) is 7.06. The standard InChI is InChI=1S/C15H19N3O4/c1-5-11(13(20)22-15(2,3)4)18-12(19)9-6-7-16-8-10(9)17-14(18)21/h6-8,11H,5H2,1-4H3,(H,17,21)/t11-/m0/s1. The molecule has 0 fully saturated rings. The van der Waals surface area contributed by atoms with Gasteiger partial charge in [0.05, 0.1) is 17.1 Å². The summed E-state index contributed by atoms with van der Waals surface area (Å²) in [7, 11) is 0. The number of nitrogens with one attached hydrogen (secondary N) is 1. The first kappa shape index (κ1) is 15.9. The lowest BCUT2D eigenvalue weighted by molar-refractivity contribution is -0.159. The third-order valence-corrected chi connectivity index (χ3v) is 3.11. The van der Waals surface area contributed by atoms with Crippen LogP contribution in [0, 0.1) is 0 Å². The zero-order valence-electron chi connectivity index (χ0n) is 13.0. The van der Waals surface area contributed by atoms with Gasteiger partial charge in [0.15, 0.2) is 0 Å². The van der Waals surface area contributed by atoms with Gasteiger partial charge >= 0.3 is 11.7 Å². The van der Waals surface area contributed by atoms with Gasteiger partial charge in [-0.2, -0.15) is 0 Å². The average molecular weight is 305 g/mol. The van der Waals surface area contributed by atoms with Gasteiger partial charge in [-0.05, 0) is 33.3 Å². The molecule has 0 aliphatic rings. The van der Waals surface area contributed by atoms with Crippen molar-refractivity contribution in [3.05, 3.63) is 39.3 Å². The summed E-state index contributed by atoms with van der Waals surface area (Å²) < 4.78 is 6.22. The highest BCUT2D eigenvalue weighted by Gasteiger charge is 2.28. The second-order valence-electron chi connectivity index (χ2n) is 5.98. The molecule has 0 radical (unpaired) electrons. The smallest absolute Gasteiger partial charge is 0.329 e. The fourth-order valence-corrected chi connectivity index (χ4v) is 2.19. The number of hydrogen-bond acceptors (Lipinski definition) is 5. The number of aromatic amines is 1. The molecule has 0 aromatic carbocycles. The molecule has 1 atom stereocenters. The molecule has 0 unspecified atom stereocenters. The number of hydrogen-bond donors (Lipinski definition) is 1. The summed E-state index contributed by atoms with van der Waals surface area (Å²) in [5.41, 5.74) is -1.53. The molecule has 2 heterocycles. The van der Waals surface area contributed by atoms with E-state index in [4.69, 9.17) is 4.74 Å². The third-order valence-electron chi connectivity index (χ3n) is 3.11. The van der Waals surface area contributed by atoms with Crippen molar-refractivity contribution in [2.75, 3.05) is 0 Å². The van der Waals surface area contributed by atoms with Crippen LogP contribution in [-0.2, 0) is 9.53 Å². The molecule has 1 N–H and O–H groups in total. The Balaban J connectivity index is 2.59. The monoisotopic (exact) mass is 305 g/mol. The van der Waals surface area contributed by atoms with Gasteiger partial charge in [0.2, 0.25) is 0 Å². The number of fused-ring (bicyclic) bond motifs is 1. The molecule has 0 saturated heterocycles. The molecule has 0 amide bonds.